The van der Waals surface area contributed by atoms with Crippen molar-refractivity contribution in [2.24, 2.45) is 11.8 Å². The molecule has 0 spiro atoms. The number of epoxide rings is 1. The Balaban J connectivity index is 1.26. The molecule has 0 aromatic heterocycles. The summed E-state index contributed by atoms with van der Waals surface area (Å²) in [7, 11) is -2.57. The summed E-state index contributed by atoms with van der Waals surface area (Å²) >= 11 is 0. The van der Waals surface area contributed by atoms with E-state index in [2.05, 4.69) is 88.4 Å². The molecule has 0 N–H and O–H groups in total. The standard InChI is InChI=1S/C33H46O5Si/c1-23-24(21-29(34)31-30(23)36-31)17-18-25-22-26(38-33(5,6)37-25)19-20-35-39(32(2,3)4,27-13-9-7-10-14-27)28-15-11-8-12-16-28/h7-16,23-26,30-31H,17-22H2,1-6H3/t23-,24-,25-,26+,30-,31+/m1/s1. The molecule has 1 aliphatic carbocycles. The molecule has 0 unspecified atom stereocenters. The minimum atomic E-state index is -2.57. The molecule has 2 aromatic carbocycles. The molecule has 2 aromatic rings. The van der Waals surface area contributed by atoms with Gasteiger partial charge in [-0.25, -0.2) is 0 Å². The van der Waals surface area contributed by atoms with Crippen LogP contribution >= 0.6 is 0 Å². The van der Waals surface area contributed by atoms with Crippen molar-refractivity contribution in [3.63, 3.8) is 0 Å². The second-order valence-corrected chi connectivity index (χ2v) is 17.6. The smallest absolute Gasteiger partial charge is 0.261 e. The van der Waals surface area contributed by atoms with E-state index in [4.69, 9.17) is 18.6 Å². The van der Waals surface area contributed by atoms with Crippen molar-refractivity contribution in [1.29, 1.82) is 0 Å². The molecule has 2 heterocycles. The summed E-state index contributed by atoms with van der Waals surface area (Å²) in [4.78, 5) is 12.3. The lowest BCUT2D eigenvalue weighted by molar-refractivity contribution is -0.302. The maximum atomic E-state index is 12.3. The molecule has 1 saturated carbocycles. The molecule has 0 amide bonds. The maximum absolute atomic E-state index is 12.3. The Labute approximate surface area is 235 Å². The number of carbonyl (C=O) groups is 1. The highest BCUT2D eigenvalue weighted by Gasteiger charge is 2.54. The molecular weight excluding hydrogens is 504 g/mol. The second kappa shape index (κ2) is 11.2. The van der Waals surface area contributed by atoms with Crippen molar-refractivity contribution in [3.8, 4) is 0 Å². The quantitative estimate of drug-likeness (QED) is 0.299. The number of Topliss-reactive ketones (excluding diaryl/α,β-unsaturated/α-hetero) is 1. The van der Waals surface area contributed by atoms with Crippen LogP contribution in [-0.2, 0) is 23.4 Å². The minimum absolute atomic E-state index is 0.0492. The third kappa shape index (κ3) is 6.10. The van der Waals surface area contributed by atoms with Gasteiger partial charge in [0.2, 0.25) is 0 Å². The first-order chi connectivity index (χ1) is 18.5. The predicted octanol–water partition coefficient (Wildman–Crippen LogP) is 5.64. The first-order valence-corrected chi connectivity index (χ1v) is 16.7. The highest BCUT2D eigenvalue weighted by Crippen LogP contribution is 2.44. The monoisotopic (exact) mass is 550 g/mol. The van der Waals surface area contributed by atoms with Gasteiger partial charge in [0.25, 0.3) is 8.32 Å². The van der Waals surface area contributed by atoms with E-state index in [1.807, 2.05) is 13.8 Å². The van der Waals surface area contributed by atoms with Gasteiger partial charge >= 0.3 is 0 Å². The second-order valence-electron chi connectivity index (χ2n) is 13.3. The summed E-state index contributed by atoms with van der Waals surface area (Å²) < 4.78 is 25.5. The number of fused-ring (bicyclic) bond motifs is 1. The first kappa shape index (κ1) is 28.7. The van der Waals surface area contributed by atoms with Gasteiger partial charge in [0.1, 0.15) is 6.10 Å². The Bertz CT molecular complexity index is 1070. The zero-order chi connectivity index (χ0) is 27.8. The van der Waals surface area contributed by atoms with Gasteiger partial charge < -0.3 is 18.6 Å². The van der Waals surface area contributed by atoms with Gasteiger partial charge in [-0.15, -0.1) is 0 Å². The zero-order valence-electron chi connectivity index (χ0n) is 24.5. The van der Waals surface area contributed by atoms with Crippen LogP contribution in [0.15, 0.2) is 60.7 Å². The number of hydrogen-bond acceptors (Lipinski definition) is 5. The van der Waals surface area contributed by atoms with Crippen LogP contribution in [-0.4, -0.2) is 50.9 Å². The number of hydrogen-bond donors (Lipinski definition) is 0. The highest BCUT2D eigenvalue weighted by molar-refractivity contribution is 6.99. The lowest BCUT2D eigenvalue weighted by atomic mass is 9.77. The number of rotatable bonds is 9. The van der Waals surface area contributed by atoms with E-state index in [9.17, 15) is 4.79 Å². The predicted molar refractivity (Wildman–Crippen MR) is 157 cm³/mol. The summed E-state index contributed by atoms with van der Waals surface area (Å²) in [6.45, 7) is 13.9. The highest BCUT2D eigenvalue weighted by atomic mass is 28.4. The third-order valence-electron chi connectivity index (χ3n) is 9.03. The van der Waals surface area contributed by atoms with Crippen LogP contribution in [0, 0.1) is 11.8 Å². The van der Waals surface area contributed by atoms with Gasteiger partial charge in [-0.3, -0.25) is 4.79 Å². The molecule has 6 atom stereocenters. The Morgan fingerprint density at radius 2 is 1.46 bits per heavy atom. The Kier molecular flexibility index (Phi) is 8.25. The Morgan fingerprint density at radius 1 is 0.897 bits per heavy atom. The van der Waals surface area contributed by atoms with Crippen LogP contribution in [0.1, 0.15) is 73.6 Å². The maximum Gasteiger partial charge on any atom is 0.261 e. The lowest BCUT2D eigenvalue weighted by Crippen LogP contribution is -2.66. The Morgan fingerprint density at radius 3 is 2.03 bits per heavy atom. The fourth-order valence-corrected chi connectivity index (χ4v) is 11.6. The zero-order valence-corrected chi connectivity index (χ0v) is 25.5. The van der Waals surface area contributed by atoms with Gasteiger partial charge in [-0.2, -0.15) is 0 Å². The summed E-state index contributed by atoms with van der Waals surface area (Å²) in [5.41, 5.74) is 0. The van der Waals surface area contributed by atoms with Crippen LogP contribution < -0.4 is 10.4 Å². The van der Waals surface area contributed by atoms with Crippen molar-refractivity contribution in [3.05, 3.63) is 60.7 Å². The molecule has 2 aliphatic heterocycles. The minimum Gasteiger partial charge on any atom is -0.407 e. The average Bonchev–Trinajstić information content (AvgIpc) is 3.70. The molecule has 0 bridgehead atoms. The van der Waals surface area contributed by atoms with Crippen LogP contribution in [0.3, 0.4) is 0 Å². The topological polar surface area (TPSA) is 57.3 Å². The molecular formula is C33H46O5Si. The largest absolute Gasteiger partial charge is 0.407 e. The molecule has 39 heavy (non-hydrogen) atoms. The normalized spacial score (nSPS) is 30.6. The van der Waals surface area contributed by atoms with Crippen molar-refractivity contribution < 1.29 is 23.4 Å². The van der Waals surface area contributed by atoms with Crippen LogP contribution in [0.5, 0.6) is 0 Å². The van der Waals surface area contributed by atoms with E-state index >= 15 is 0 Å². The van der Waals surface area contributed by atoms with Crippen LogP contribution in [0.25, 0.3) is 0 Å². The van der Waals surface area contributed by atoms with E-state index in [0.717, 1.165) is 25.7 Å². The average molecular weight is 551 g/mol. The Hall–Kier alpha value is -1.83. The molecule has 5 rings (SSSR count). The molecule has 3 aliphatic rings. The van der Waals surface area contributed by atoms with E-state index in [0.29, 0.717) is 24.9 Å². The SMILES string of the molecule is C[C@@H]1[C@H](CC[C@@H]2C[C@H](CCO[Si](c3ccccc3)(c3ccccc3)C(C)(C)C)OC(C)(C)O2)CC(=O)[C@@H]2O[C@H]12. The van der Waals surface area contributed by atoms with Gasteiger partial charge in [-0.1, -0.05) is 88.4 Å². The van der Waals surface area contributed by atoms with E-state index < -0.39 is 14.1 Å². The number of ketones is 1. The third-order valence-corrected chi connectivity index (χ3v) is 14.1. The summed E-state index contributed by atoms with van der Waals surface area (Å²) in [6.07, 6.45) is 4.47. The summed E-state index contributed by atoms with van der Waals surface area (Å²) in [5.74, 6) is 0.475. The molecule has 2 saturated heterocycles. The molecule has 6 heteroatoms. The lowest BCUT2D eigenvalue weighted by Gasteiger charge is -2.44. The van der Waals surface area contributed by atoms with Crippen molar-refractivity contribution >= 4 is 24.5 Å². The van der Waals surface area contributed by atoms with E-state index in [1.54, 1.807) is 0 Å². The van der Waals surface area contributed by atoms with Gasteiger partial charge in [0, 0.05) is 19.4 Å². The molecule has 212 valence electrons. The van der Waals surface area contributed by atoms with Crippen molar-refractivity contribution in [1.82, 2.24) is 0 Å². The number of ether oxygens (including phenoxy) is 3. The first-order valence-electron chi connectivity index (χ1n) is 14.8. The fraction of sp³-hybridized carbons (Fsp3) is 0.606. The number of carbonyl (C=O) groups excluding carboxylic acids is 1. The molecule has 5 nitrogen and oxygen atoms in total. The van der Waals surface area contributed by atoms with Gasteiger partial charge in [0.15, 0.2) is 11.6 Å². The molecule has 3 fully saturated rings. The summed E-state index contributed by atoms with van der Waals surface area (Å²) in [5, 5.41) is 2.55. The van der Waals surface area contributed by atoms with E-state index in [1.165, 1.54) is 10.4 Å². The van der Waals surface area contributed by atoms with Gasteiger partial charge in [0.05, 0.1) is 18.3 Å². The van der Waals surface area contributed by atoms with Crippen LogP contribution in [0.2, 0.25) is 5.04 Å². The van der Waals surface area contributed by atoms with Crippen molar-refractivity contribution in [2.75, 3.05) is 6.61 Å². The van der Waals surface area contributed by atoms with Crippen LogP contribution in [0.4, 0.5) is 0 Å². The fourth-order valence-electron chi connectivity index (χ4n) is 7.05. The van der Waals surface area contributed by atoms with E-state index in [-0.39, 0.29) is 35.2 Å². The molecule has 0 radical (unpaired) electrons. The van der Waals surface area contributed by atoms with Gasteiger partial charge in [-0.05, 0) is 60.4 Å². The number of benzene rings is 2. The summed E-state index contributed by atoms with van der Waals surface area (Å²) in [6, 6.07) is 21.6. The van der Waals surface area contributed by atoms with Crippen molar-refractivity contribution in [2.45, 2.75) is 109 Å².